The third kappa shape index (κ3) is 4.04. The van der Waals surface area contributed by atoms with Crippen LogP contribution in [-0.4, -0.2) is 16.6 Å². The molecule has 1 aromatic rings. The van der Waals surface area contributed by atoms with Gasteiger partial charge in [0.2, 0.25) is 0 Å². The van der Waals surface area contributed by atoms with Crippen molar-refractivity contribution in [3.05, 3.63) is 24.3 Å². The van der Waals surface area contributed by atoms with E-state index in [1.165, 1.54) is 0 Å². The number of hydrogen-bond donors (Lipinski definition) is 0. The lowest BCUT2D eigenvalue weighted by Gasteiger charge is -2.05. The fraction of sp³-hybridized carbons (Fsp3) is 0.500. The molecule has 0 spiro atoms. The number of rotatable bonds is 6. The molecule has 0 radical (unpaired) electrons. The monoisotopic (exact) mass is 226 g/mol. The van der Waals surface area contributed by atoms with Crippen LogP contribution in [0.1, 0.15) is 26.7 Å². The van der Waals surface area contributed by atoms with E-state index in [-0.39, 0.29) is 0 Å². The largest absolute Gasteiger partial charge is 0.494 e. The Morgan fingerprint density at radius 1 is 1.33 bits per heavy atom. The van der Waals surface area contributed by atoms with Crippen LogP contribution in [0.2, 0.25) is 0 Å². The quantitative estimate of drug-likeness (QED) is 0.745. The second-order valence-electron chi connectivity index (χ2n) is 3.31. The zero-order valence-electron chi connectivity index (χ0n) is 9.36. The molecule has 15 heavy (non-hydrogen) atoms. The van der Waals surface area contributed by atoms with Gasteiger partial charge in [-0.2, -0.15) is 0 Å². The molecule has 3 heteroatoms. The molecule has 1 unspecified atom stereocenters. The third-order valence-corrected chi connectivity index (χ3v) is 3.50. The highest BCUT2D eigenvalue weighted by Crippen LogP contribution is 2.16. The SMILES string of the molecule is CCCCS(=O)c1cccc(OCC)c1. The summed E-state index contributed by atoms with van der Waals surface area (Å²) in [4.78, 5) is 0.870. The van der Waals surface area contributed by atoms with E-state index >= 15 is 0 Å². The molecule has 1 aromatic carbocycles. The van der Waals surface area contributed by atoms with Gasteiger partial charge in [0.05, 0.1) is 17.4 Å². The highest BCUT2D eigenvalue weighted by atomic mass is 32.2. The summed E-state index contributed by atoms with van der Waals surface area (Å²) in [6, 6.07) is 7.55. The molecule has 0 aliphatic heterocycles. The predicted molar refractivity (Wildman–Crippen MR) is 63.8 cm³/mol. The summed E-state index contributed by atoms with van der Waals surface area (Å²) in [5.74, 6) is 1.55. The fourth-order valence-corrected chi connectivity index (χ4v) is 2.53. The van der Waals surface area contributed by atoms with E-state index in [4.69, 9.17) is 4.74 Å². The van der Waals surface area contributed by atoms with E-state index in [1.54, 1.807) is 0 Å². The van der Waals surface area contributed by atoms with E-state index in [0.29, 0.717) is 6.61 Å². The first kappa shape index (κ1) is 12.2. The van der Waals surface area contributed by atoms with Gasteiger partial charge >= 0.3 is 0 Å². The lowest BCUT2D eigenvalue weighted by Crippen LogP contribution is -1.99. The topological polar surface area (TPSA) is 26.3 Å². The Morgan fingerprint density at radius 2 is 2.13 bits per heavy atom. The molecule has 0 amide bonds. The molecule has 84 valence electrons. The van der Waals surface area contributed by atoms with Crippen LogP contribution in [0, 0.1) is 0 Å². The van der Waals surface area contributed by atoms with Crippen LogP contribution in [0.15, 0.2) is 29.2 Å². The van der Waals surface area contributed by atoms with Crippen LogP contribution in [0.25, 0.3) is 0 Å². The van der Waals surface area contributed by atoms with Crippen molar-refractivity contribution in [2.45, 2.75) is 31.6 Å². The summed E-state index contributed by atoms with van der Waals surface area (Å²) in [5.41, 5.74) is 0. The molecule has 0 aromatic heterocycles. The van der Waals surface area contributed by atoms with Crippen molar-refractivity contribution in [3.8, 4) is 5.75 Å². The van der Waals surface area contributed by atoms with Gasteiger partial charge in [0.25, 0.3) is 0 Å². The van der Waals surface area contributed by atoms with Crippen molar-refractivity contribution < 1.29 is 8.95 Å². The van der Waals surface area contributed by atoms with Gasteiger partial charge in [-0.3, -0.25) is 4.21 Å². The van der Waals surface area contributed by atoms with Crippen LogP contribution >= 0.6 is 0 Å². The highest BCUT2D eigenvalue weighted by Gasteiger charge is 2.04. The molecule has 0 saturated carbocycles. The summed E-state index contributed by atoms with van der Waals surface area (Å²) in [6.45, 7) is 4.69. The molecule has 0 N–H and O–H groups in total. The van der Waals surface area contributed by atoms with E-state index in [2.05, 4.69) is 6.92 Å². The Bertz CT molecular complexity index is 323. The summed E-state index contributed by atoms with van der Waals surface area (Å²) < 4.78 is 17.2. The molecule has 0 fully saturated rings. The van der Waals surface area contributed by atoms with Gasteiger partial charge in [0, 0.05) is 10.6 Å². The zero-order valence-corrected chi connectivity index (χ0v) is 10.2. The Labute approximate surface area is 94.1 Å². The van der Waals surface area contributed by atoms with E-state index in [0.717, 1.165) is 29.2 Å². The second-order valence-corrected chi connectivity index (χ2v) is 4.88. The van der Waals surface area contributed by atoms with Gasteiger partial charge in [-0.1, -0.05) is 19.4 Å². The molecular weight excluding hydrogens is 208 g/mol. The van der Waals surface area contributed by atoms with Crippen molar-refractivity contribution in [2.24, 2.45) is 0 Å². The smallest absolute Gasteiger partial charge is 0.120 e. The van der Waals surface area contributed by atoms with Gasteiger partial charge in [-0.25, -0.2) is 0 Å². The minimum absolute atomic E-state index is 0.644. The average molecular weight is 226 g/mol. The van der Waals surface area contributed by atoms with Gasteiger partial charge < -0.3 is 4.74 Å². The van der Waals surface area contributed by atoms with Crippen molar-refractivity contribution >= 4 is 10.8 Å². The molecular formula is C12H18O2S. The number of unbranched alkanes of at least 4 members (excludes halogenated alkanes) is 1. The van der Waals surface area contributed by atoms with E-state index in [9.17, 15) is 4.21 Å². The van der Waals surface area contributed by atoms with E-state index < -0.39 is 10.8 Å². The Hall–Kier alpha value is -0.830. The minimum Gasteiger partial charge on any atom is -0.494 e. The summed E-state index contributed by atoms with van der Waals surface area (Å²) in [7, 11) is -0.877. The first-order chi connectivity index (χ1) is 7.27. The van der Waals surface area contributed by atoms with Crippen molar-refractivity contribution in [3.63, 3.8) is 0 Å². The highest BCUT2D eigenvalue weighted by molar-refractivity contribution is 7.85. The van der Waals surface area contributed by atoms with Gasteiger partial charge in [-0.15, -0.1) is 0 Å². The third-order valence-electron chi connectivity index (χ3n) is 2.06. The molecule has 0 heterocycles. The van der Waals surface area contributed by atoms with Crippen LogP contribution in [0.5, 0.6) is 5.75 Å². The number of hydrogen-bond acceptors (Lipinski definition) is 2. The number of benzene rings is 1. The lowest BCUT2D eigenvalue weighted by molar-refractivity contribution is 0.339. The predicted octanol–water partition coefficient (Wildman–Crippen LogP) is 2.99. The normalized spacial score (nSPS) is 12.4. The molecule has 0 bridgehead atoms. The number of ether oxygens (including phenoxy) is 1. The molecule has 2 nitrogen and oxygen atoms in total. The summed E-state index contributed by atoms with van der Waals surface area (Å²) >= 11 is 0. The van der Waals surface area contributed by atoms with Crippen molar-refractivity contribution in [1.29, 1.82) is 0 Å². The molecule has 1 atom stereocenters. The van der Waals surface area contributed by atoms with Gasteiger partial charge in [0.15, 0.2) is 0 Å². The van der Waals surface area contributed by atoms with E-state index in [1.807, 2.05) is 31.2 Å². The first-order valence-corrected chi connectivity index (χ1v) is 6.71. The lowest BCUT2D eigenvalue weighted by atomic mass is 10.3. The van der Waals surface area contributed by atoms with Crippen LogP contribution in [0.4, 0.5) is 0 Å². The second kappa shape index (κ2) is 6.62. The van der Waals surface area contributed by atoms with Gasteiger partial charge in [-0.05, 0) is 31.5 Å². The molecule has 0 aliphatic carbocycles. The van der Waals surface area contributed by atoms with Crippen LogP contribution in [-0.2, 0) is 10.8 Å². The summed E-state index contributed by atoms with van der Waals surface area (Å²) in [5, 5.41) is 0. The van der Waals surface area contributed by atoms with Crippen LogP contribution < -0.4 is 4.74 Å². The molecule has 0 aliphatic rings. The summed E-state index contributed by atoms with van der Waals surface area (Å²) in [6.07, 6.45) is 2.09. The standard InChI is InChI=1S/C12H18O2S/c1-3-5-9-15(13)12-8-6-7-11(10-12)14-4-2/h6-8,10H,3-5,9H2,1-2H3. The minimum atomic E-state index is -0.877. The maximum atomic E-state index is 11.8. The molecule has 1 rings (SSSR count). The van der Waals surface area contributed by atoms with Crippen molar-refractivity contribution in [1.82, 2.24) is 0 Å². The van der Waals surface area contributed by atoms with Gasteiger partial charge in [0.1, 0.15) is 5.75 Å². The zero-order chi connectivity index (χ0) is 11.1. The average Bonchev–Trinajstić information content (AvgIpc) is 2.27. The Morgan fingerprint density at radius 3 is 2.80 bits per heavy atom. The van der Waals surface area contributed by atoms with Crippen molar-refractivity contribution in [2.75, 3.05) is 12.4 Å². The Kier molecular flexibility index (Phi) is 5.40. The Balaban J connectivity index is 2.67. The first-order valence-electron chi connectivity index (χ1n) is 5.39. The maximum absolute atomic E-state index is 11.8. The molecule has 0 saturated heterocycles. The fourth-order valence-electron chi connectivity index (χ4n) is 1.27. The van der Waals surface area contributed by atoms with Crippen LogP contribution in [0.3, 0.4) is 0 Å². The maximum Gasteiger partial charge on any atom is 0.120 e.